The van der Waals surface area contributed by atoms with Gasteiger partial charge in [-0.3, -0.25) is 4.79 Å². The van der Waals surface area contributed by atoms with Gasteiger partial charge in [0.05, 0.1) is 6.54 Å². The van der Waals surface area contributed by atoms with Crippen LogP contribution < -0.4 is 5.32 Å². The summed E-state index contributed by atoms with van der Waals surface area (Å²) in [4.78, 5) is 13.8. The number of carbonyl (C=O) groups is 1. The largest absolute Gasteiger partial charge is 0.331 e. The number of hydrogen-bond donors (Lipinski definition) is 1. The third-order valence-electron chi connectivity index (χ3n) is 3.05. The molecule has 2 rings (SSSR count). The van der Waals surface area contributed by atoms with Crippen LogP contribution >= 0.6 is 0 Å². The van der Waals surface area contributed by atoms with Crippen LogP contribution in [0.2, 0.25) is 0 Å². The van der Waals surface area contributed by atoms with Crippen LogP contribution in [0.15, 0.2) is 18.2 Å². The molecule has 0 aliphatic carbocycles. The first kappa shape index (κ1) is 11.7. The van der Waals surface area contributed by atoms with Crippen molar-refractivity contribution in [2.24, 2.45) is 0 Å². The predicted octanol–water partition coefficient (Wildman–Crippen LogP) is 1.04. The topological polar surface area (TPSA) is 32.3 Å². The molecular formula is C14H16N2O. The number of amides is 1. The zero-order chi connectivity index (χ0) is 12.3. The van der Waals surface area contributed by atoms with Crippen molar-refractivity contribution in [2.45, 2.75) is 13.0 Å². The number of fused-ring (bicyclic) bond motifs is 1. The molecule has 17 heavy (non-hydrogen) atoms. The summed E-state index contributed by atoms with van der Waals surface area (Å²) in [6.07, 6.45) is 6.13. The number of rotatable bonds is 2. The van der Waals surface area contributed by atoms with E-state index in [1.165, 1.54) is 11.1 Å². The van der Waals surface area contributed by atoms with Gasteiger partial charge in [-0.25, -0.2) is 0 Å². The van der Waals surface area contributed by atoms with Crippen molar-refractivity contribution in [1.29, 1.82) is 0 Å². The van der Waals surface area contributed by atoms with Crippen LogP contribution in [0.4, 0.5) is 0 Å². The Kier molecular flexibility index (Phi) is 3.46. The zero-order valence-electron chi connectivity index (χ0n) is 9.99. The molecule has 0 radical (unpaired) electrons. The molecule has 88 valence electrons. The number of terminal acetylenes is 1. The molecular weight excluding hydrogens is 212 g/mol. The fourth-order valence-electron chi connectivity index (χ4n) is 2.15. The third-order valence-corrected chi connectivity index (χ3v) is 3.05. The molecule has 1 aromatic carbocycles. The molecule has 0 aromatic heterocycles. The average molecular weight is 228 g/mol. The van der Waals surface area contributed by atoms with Crippen molar-refractivity contribution >= 4 is 5.91 Å². The molecule has 1 heterocycles. The molecule has 0 spiro atoms. The summed E-state index contributed by atoms with van der Waals surface area (Å²) in [6.45, 7) is 2.12. The second-order valence-corrected chi connectivity index (χ2v) is 4.24. The Labute approximate surface area is 102 Å². The Morgan fingerprint density at radius 1 is 1.59 bits per heavy atom. The molecule has 0 unspecified atom stereocenters. The minimum absolute atomic E-state index is 0.0155. The molecule has 0 atom stereocenters. The summed E-state index contributed by atoms with van der Waals surface area (Å²) < 4.78 is 0. The zero-order valence-corrected chi connectivity index (χ0v) is 9.99. The molecule has 3 heteroatoms. The van der Waals surface area contributed by atoms with E-state index in [2.05, 4.69) is 17.3 Å². The molecule has 0 saturated carbocycles. The minimum Gasteiger partial charge on any atom is -0.331 e. The van der Waals surface area contributed by atoms with Crippen LogP contribution in [-0.4, -0.2) is 30.9 Å². The summed E-state index contributed by atoms with van der Waals surface area (Å²) in [7, 11) is 1.74. The van der Waals surface area contributed by atoms with Crippen LogP contribution in [0.5, 0.6) is 0 Å². The Morgan fingerprint density at radius 3 is 3.18 bits per heavy atom. The van der Waals surface area contributed by atoms with Crippen molar-refractivity contribution < 1.29 is 4.79 Å². The van der Waals surface area contributed by atoms with Gasteiger partial charge >= 0.3 is 0 Å². The van der Waals surface area contributed by atoms with E-state index in [1.807, 2.05) is 12.1 Å². The Hall–Kier alpha value is -1.79. The number of nitrogens with one attached hydrogen (secondary N) is 1. The molecule has 1 aromatic rings. The first-order chi connectivity index (χ1) is 8.24. The summed E-state index contributed by atoms with van der Waals surface area (Å²) in [5.41, 5.74) is 3.18. The fraction of sp³-hybridized carbons (Fsp3) is 0.357. The maximum atomic E-state index is 12.2. The monoisotopic (exact) mass is 228 g/mol. The van der Waals surface area contributed by atoms with Gasteiger partial charge < -0.3 is 10.2 Å². The Morgan fingerprint density at radius 2 is 2.41 bits per heavy atom. The van der Waals surface area contributed by atoms with E-state index in [0.29, 0.717) is 6.54 Å². The quantitative estimate of drug-likeness (QED) is 0.767. The lowest BCUT2D eigenvalue weighted by Gasteiger charge is -2.22. The Balaban J connectivity index is 2.33. The van der Waals surface area contributed by atoms with Gasteiger partial charge in [0.25, 0.3) is 5.91 Å². The molecule has 1 aliphatic rings. The second kappa shape index (κ2) is 5.03. The molecule has 0 bridgehead atoms. The number of hydrogen-bond acceptors (Lipinski definition) is 2. The lowest BCUT2D eigenvalue weighted by molar-refractivity contribution is 0.0811. The SMILES string of the molecule is C#CCN(C)C(=O)c1cccc2c1CCNC2. The van der Waals surface area contributed by atoms with Gasteiger partial charge in [-0.1, -0.05) is 18.1 Å². The van der Waals surface area contributed by atoms with E-state index in [1.54, 1.807) is 11.9 Å². The van der Waals surface area contributed by atoms with Gasteiger partial charge in [0, 0.05) is 19.2 Å². The van der Waals surface area contributed by atoms with Gasteiger partial charge in [-0.05, 0) is 30.2 Å². The van der Waals surface area contributed by atoms with Crippen molar-refractivity contribution in [3.8, 4) is 12.3 Å². The molecule has 0 saturated heterocycles. The van der Waals surface area contributed by atoms with Gasteiger partial charge in [0.15, 0.2) is 0 Å². The second-order valence-electron chi connectivity index (χ2n) is 4.24. The highest BCUT2D eigenvalue weighted by molar-refractivity contribution is 5.96. The molecule has 0 fully saturated rings. The fourth-order valence-corrected chi connectivity index (χ4v) is 2.15. The predicted molar refractivity (Wildman–Crippen MR) is 67.6 cm³/mol. The number of nitrogens with zero attached hydrogens (tertiary/aromatic N) is 1. The minimum atomic E-state index is 0.0155. The standard InChI is InChI=1S/C14H16N2O/c1-3-9-16(2)14(17)13-6-4-5-11-10-15-8-7-12(11)13/h1,4-6,15H,7-10H2,2H3. The van der Waals surface area contributed by atoms with E-state index in [-0.39, 0.29) is 5.91 Å². The van der Waals surface area contributed by atoms with Crippen LogP contribution in [0.25, 0.3) is 0 Å². The normalized spacial score (nSPS) is 13.6. The van der Waals surface area contributed by atoms with E-state index >= 15 is 0 Å². The average Bonchev–Trinajstić information content (AvgIpc) is 2.37. The summed E-state index contributed by atoms with van der Waals surface area (Å²) >= 11 is 0. The van der Waals surface area contributed by atoms with Gasteiger partial charge in [-0.15, -0.1) is 6.42 Å². The van der Waals surface area contributed by atoms with Crippen LogP contribution in [-0.2, 0) is 13.0 Å². The lowest BCUT2D eigenvalue weighted by Crippen LogP contribution is -2.31. The number of benzene rings is 1. The summed E-state index contributed by atoms with van der Waals surface area (Å²) in [5, 5.41) is 3.30. The highest BCUT2D eigenvalue weighted by Crippen LogP contribution is 2.19. The highest BCUT2D eigenvalue weighted by Gasteiger charge is 2.19. The molecule has 1 amide bonds. The van der Waals surface area contributed by atoms with Crippen LogP contribution in [0.1, 0.15) is 21.5 Å². The van der Waals surface area contributed by atoms with Crippen molar-refractivity contribution in [1.82, 2.24) is 10.2 Å². The van der Waals surface area contributed by atoms with Gasteiger partial charge in [-0.2, -0.15) is 0 Å². The molecule has 1 N–H and O–H groups in total. The van der Waals surface area contributed by atoms with E-state index in [0.717, 1.165) is 25.1 Å². The number of carbonyl (C=O) groups excluding carboxylic acids is 1. The van der Waals surface area contributed by atoms with Gasteiger partial charge in [0.1, 0.15) is 0 Å². The van der Waals surface area contributed by atoms with Crippen molar-refractivity contribution in [3.05, 3.63) is 34.9 Å². The van der Waals surface area contributed by atoms with Gasteiger partial charge in [0.2, 0.25) is 0 Å². The Bertz CT molecular complexity index is 474. The lowest BCUT2D eigenvalue weighted by atomic mass is 9.95. The third kappa shape index (κ3) is 2.32. The summed E-state index contributed by atoms with van der Waals surface area (Å²) in [6, 6.07) is 5.89. The van der Waals surface area contributed by atoms with E-state index in [9.17, 15) is 4.79 Å². The smallest absolute Gasteiger partial charge is 0.254 e. The first-order valence-corrected chi connectivity index (χ1v) is 5.74. The van der Waals surface area contributed by atoms with Crippen LogP contribution in [0, 0.1) is 12.3 Å². The van der Waals surface area contributed by atoms with Crippen molar-refractivity contribution in [2.75, 3.05) is 20.1 Å². The van der Waals surface area contributed by atoms with Crippen LogP contribution in [0.3, 0.4) is 0 Å². The maximum absolute atomic E-state index is 12.2. The summed E-state index contributed by atoms with van der Waals surface area (Å²) in [5.74, 6) is 2.51. The van der Waals surface area contributed by atoms with Crippen molar-refractivity contribution in [3.63, 3.8) is 0 Å². The molecule has 1 aliphatic heterocycles. The van der Waals surface area contributed by atoms with E-state index < -0.39 is 0 Å². The first-order valence-electron chi connectivity index (χ1n) is 5.74. The van der Waals surface area contributed by atoms with E-state index in [4.69, 9.17) is 6.42 Å². The molecule has 3 nitrogen and oxygen atoms in total. The maximum Gasteiger partial charge on any atom is 0.254 e. The highest BCUT2D eigenvalue weighted by atomic mass is 16.2.